The number of para-hydroxylation sites is 1. The molecule has 0 spiro atoms. The van der Waals surface area contributed by atoms with Crippen LogP contribution in [0.4, 0.5) is 34.5 Å². The number of nitrogen functional groups attached to an aromatic ring is 1. The molecular formula is C25H33ClN7OP. The average Bonchev–Trinajstić information content (AvgIpc) is 3.33. The molecule has 186 valence electrons. The molecule has 35 heavy (non-hydrogen) atoms. The molecule has 3 aromatic rings. The van der Waals surface area contributed by atoms with Crippen LogP contribution in [0.1, 0.15) is 12.8 Å². The Kier molecular flexibility index (Phi) is 7.85. The highest BCUT2D eigenvalue weighted by molar-refractivity contribution is 7.70. The number of likely N-dealkylation sites (N-methyl/N-ethyl adjacent to an activating group) is 1. The molecule has 1 aliphatic rings. The number of nitrogens with zero attached hydrogens (tertiary/aromatic N) is 4. The summed E-state index contributed by atoms with van der Waals surface area (Å²) in [5.74, 6) is 0.802. The fourth-order valence-electron chi connectivity index (χ4n) is 4.22. The van der Waals surface area contributed by atoms with Crippen LogP contribution in [0.15, 0.2) is 48.7 Å². The lowest BCUT2D eigenvalue weighted by atomic mass is 10.2. The lowest BCUT2D eigenvalue weighted by Crippen LogP contribution is -2.31. The molecule has 2 heterocycles. The van der Waals surface area contributed by atoms with Gasteiger partial charge in [0.1, 0.15) is 12.2 Å². The number of hydrogen-bond donors (Lipinski definition) is 3. The van der Waals surface area contributed by atoms with Gasteiger partial charge in [0.25, 0.3) is 0 Å². The van der Waals surface area contributed by atoms with E-state index in [1.807, 2.05) is 42.5 Å². The third-order valence-electron chi connectivity index (χ3n) is 6.13. The van der Waals surface area contributed by atoms with E-state index >= 15 is 0 Å². The number of nitrogens with one attached hydrogen (secondary N) is 2. The van der Waals surface area contributed by atoms with Crippen molar-refractivity contribution in [2.75, 3.05) is 67.8 Å². The summed E-state index contributed by atoms with van der Waals surface area (Å²) in [5, 5.41) is 7.52. The smallest absolute Gasteiger partial charge is 0.229 e. The Morgan fingerprint density at radius 1 is 1.14 bits per heavy atom. The maximum Gasteiger partial charge on any atom is 0.229 e. The summed E-state index contributed by atoms with van der Waals surface area (Å²) in [4.78, 5) is 13.5. The van der Waals surface area contributed by atoms with Crippen molar-refractivity contribution in [3.05, 3.63) is 53.7 Å². The zero-order valence-electron chi connectivity index (χ0n) is 20.5. The van der Waals surface area contributed by atoms with Crippen LogP contribution in [0, 0.1) is 0 Å². The van der Waals surface area contributed by atoms with Gasteiger partial charge in [-0.05, 0) is 69.6 Å². The summed E-state index contributed by atoms with van der Waals surface area (Å²) in [7, 11) is -0.422. The molecule has 8 nitrogen and oxygen atoms in total. The molecule has 1 aromatic heterocycles. The first-order valence-electron chi connectivity index (χ1n) is 11.7. The van der Waals surface area contributed by atoms with Gasteiger partial charge in [0.05, 0.1) is 23.3 Å². The summed E-state index contributed by atoms with van der Waals surface area (Å²) >= 11 is 6.36. The van der Waals surface area contributed by atoms with Crippen LogP contribution in [0.25, 0.3) is 0 Å². The number of nitrogens with two attached hydrogens (primary N) is 1. The van der Waals surface area contributed by atoms with Gasteiger partial charge >= 0.3 is 0 Å². The van der Waals surface area contributed by atoms with Crippen LogP contribution in [0.3, 0.4) is 0 Å². The third-order valence-corrected chi connectivity index (χ3v) is 7.95. The molecule has 1 fully saturated rings. The zero-order valence-corrected chi connectivity index (χ0v) is 22.1. The number of likely N-dealkylation sites (tertiary alicyclic amines) is 1. The van der Waals surface area contributed by atoms with E-state index in [4.69, 9.17) is 17.3 Å². The molecule has 0 aliphatic carbocycles. The van der Waals surface area contributed by atoms with Crippen molar-refractivity contribution < 1.29 is 4.57 Å². The van der Waals surface area contributed by atoms with Gasteiger partial charge in [-0.2, -0.15) is 4.98 Å². The van der Waals surface area contributed by atoms with E-state index in [0.717, 1.165) is 29.8 Å². The molecule has 0 saturated carbocycles. The highest BCUT2D eigenvalue weighted by Crippen LogP contribution is 2.38. The molecule has 10 heteroatoms. The van der Waals surface area contributed by atoms with Gasteiger partial charge in [-0.25, -0.2) is 4.98 Å². The SMILES string of the molecule is CN(CCN1CCCC1)c1ccc(Nc2ncc(Cl)c(Nc3ccccc3P(C)(C)=O)n2)cc1N. The van der Waals surface area contributed by atoms with Crippen molar-refractivity contribution in [1.82, 2.24) is 14.9 Å². The monoisotopic (exact) mass is 513 g/mol. The lowest BCUT2D eigenvalue weighted by Gasteiger charge is -2.24. The normalized spacial score (nSPS) is 14.2. The first-order valence-corrected chi connectivity index (χ1v) is 14.7. The fraction of sp³-hybridized carbons (Fsp3) is 0.360. The predicted octanol–water partition coefficient (Wildman–Crippen LogP) is 4.98. The Morgan fingerprint density at radius 2 is 1.89 bits per heavy atom. The van der Waals surface area contributed by atoms with Crippen LogP contribution < -0.4 is 26.6 Å². The van der Waals surface area contributed by atoms with Crippen LogP contribution in [0.2, 0.25) is 5.02 Å². The van der Waals surface area contributed by atoms with E-state index in [-0.39, 0.29) is 0 Å². The molecule has 4 rings (SSSR count). The van der Waals surface area contributed by atoms with Gasteiger partial charge in [0.15, 0.2) is 5.82 Å². The van der Waals surface area contributed by atoms with Crippen molar-refractivity contribution in [3.63, 3.8) is 0 Å². The summed E-state index contributed by atoms with van der Waals surface area (Å²) in [6.45, 7) is 7.81. The number of halogens is 1. The first-order chi connectivity index (χ1) is 16.7. The molecule has 4 N–H and O–H groups in total. The summed E-state index contributed by atoms with van der Waals surface area (Å²) in [6, 6.07) is 13.3. The topological polar surface area (TPSA) is 99.4 Å². The van der Waals surface area contributed by atoms with Crippen molar-refractivity contribution in [2.45, 2.75) is 12.8 Å². The minimum absolute atomic E-state index is 0.363. The van der Waals surface area contributed by atoms with Gasteiger partial charge in [0, 0.05) is 31.1 Å². The molecule has 1 aliphatic heterocycles. The van der Waals surface area contributed by atoms with Gasteiger partial charge in [-0.1, -0.05) is 23.7 Å². The molecule has 0 unspecified atom stereocenters. The standard InChI is InChI=1S/C25H33ClN7OP/c1-32(14-15-33-12-6-7-13-33)22-11-10-18(16-20(22)27)29-25-28-17-19(26)24(31-25)30-21-8-4-5-9-23(21)35(2,3)34/h4-5,8-11,16-17H,6-7,12-15,27H2,1-3H3,(H2,28,29,30,31). The number of benzene rings is 2. The van der Waals surface area contributed by atoms with Crippen molar-refractivity contribution in [2.24, 2.45) is 0 Å². The number of aromatic nitrogens is 2. The maximum absolute atomic E-state index is 12.7. The van der Waals surface area contributed by atoms with E-state index in [9.17, 15) is 4.57 Å². The number of anilines is 6. The van der Waals surface area contributed by atoms with Gasteiger partial charge in [-0.3, -0.25) is 0 Å². The second-order valence-electron chi connectivity index (χ2n) is 9.25. The molecule has 0 radical (unpaired) electrons. The average molecular weight is 514 g/mol. The van der Waals surface area contributed by atoms with E-state index in [1.54, 1.807) is 13.3 Å². The predicted molar refractivity (Wildman–Crippen MR) is 149 cm³/mol. The Balaban J connectivity index is 1.47. The van der Waals surface area contributed by atoms with Crippen LogP contribution in [-0.4, -0.2) is 61.4 Å². The zero-order chi connectivity index (χ0) is 25.0. The molecule has 2 aromatic carbocycles. The Bertz CT molecular complexity index is 1230. The molecule has 0 bridgehead atoms. The summed E-state index contributed by atoms with van der Waals surface area (Å²) in [5.41, 5.74) is 9.54. The van der Waals surface area contributed by atoms with Crippen LogP contribution in [0.5, 0.6) is 0 Å². The largest absolute Gasteiger partial charge is 0.397 e. The second kappa shape index (κ2) is 10.9. The highest BCUT2D eigenvalue weighted by atomic mass is 35.5. The third kappa shape index (κ3) is 6.45. The quantitative estimate of drug-likeness (QED) is 0.272. The molecule has 0 atom stereocenters. The Labute approximate surface area is 212 Å². The Hall–Kier alpha value is -2.80. The minimum Gasteiger partial charge on any atom is -0.397 e. The van der Waals surface area contributed by atoms with Gasteiger partial charge in [-0.15, -0.1) is 0 Å². The van der Waals surface area contributed by atoms with Crippen molar-refractivity contribution >= 4 is 58.6 Å². The highest BCUT2D eigenvalue weighted by Gasteiger charge is 2.17. The number of rotatable bonds is 9. The second-order valence-corrected chi connectivity index (χ2v) is 12.8. The van der Waals surface area contributed by atoms with Gasteiger partial charge in [0.2, 0.25) is 5.95 Å². The Morgan fingerprint density at radius 3 is 2.60 bits per heavy atom. The van der Waals surface area contributed by atoms with E-state index in [0.29, 0.717) is 28.2 Å². The van der Waals surface area contributed by atoms with Crippen LogP contribution in [-0.2, 0) is 4.57 Å². The van der Waals surface area contributed by atoms with Crippen molar-refractivity contribution in [3.8, 4) is 0 Å². The number of hydrogen-bond acceptors (Lipinski definition) is 8. The molecule has 0 amide bonds. The fourth-order valence-corrected chi connectivity index (χ4v) is 5.51. The minimum atomic E-state index is -2.49. The van der Waals surface area contributed by atoms with Crippen molar-refractivity contribution in [1.29, 1.82) is 0 Å². The lowest BCUT2D eigenvalue weighted by molar-refractivity contribution is 0.347. The van der Waals surface area contributed by atoms with Crippen LogP contribution >= 0.6 is 18.7 Å². The molecule has 1 saturated heterocycles. The molecular weight excluding hydrogens is 481 g/mol. The van der Waals surface area contributed by atoms with E-state index in [1.165, 1.54) is 32.1 Å². The van der Waals surface area contributed by atoms with E-state index in [2.05, 4.69) is 37.4 Å². The first kappa shape index (κ1) is 25.3. The summed E-state index contributed by atoms with van der Waals surface area (Å²) < 4.78 is 12.7. The van der Waals surface area contributed by atoms with Gasteiger partial charge < -0.3 is 30.7 Å². The van der Waals surface area contributed by atoms with E-state index < -0.39 is 7.14 Å². The maximum atomic E-state index is 12.7. The summed E-state index contributed by atoms with van der Waals surface area (Å²) in [6.07, 6.45) is 4.12.